The fourth-order valence-electron chi connectivity index (χ4n) is 2.51. The van der Waals surface area contributed by atoms with E-state index in [2.05, 4.69) is 31.4 Å². The molecular weight excluding hydrogens is 440 g/mol. The van der Waals surface area contributed by atoms with Gasteiger partial charge in [-0.25, -0.2) is 0 Å². The van der Waals surface area contributed by atoms with Gasteiger partial charge in [0.05, 0.1) is 15.9 Å². The Bertz CT molecular complexity index is 1020. The SMILES string of the molecule is CCn1ncc([N+](=O)[O-])c1C(=O)Nc1nn(Cc2ccccc2Cl)cc1Br. The van der Waals surface area contributed by atoms with Gasteiger partial charge in [0.25, 0.3) is 5.91 Å². The fourth-order valence-corrected chi connectivity index (χ4v) is 3.12. The molecule has 140 valence electrons. The maximum Gasteiger partial charge on any atom is 0.320 e. The highest BCUT2D eigenvalue weighted by atomic mass is 79.9. The highest BCUT2D eigenvalue weighted by Gasteiger charge is 2.27. The molecule has 3 aromatic rings. The van der Waals surface area contributed by atoms with Crippen molar-refractivity contribution < 1.29 is 9.72 Å². The van der Waals surface area contributed by atoms with E-state index in [9.17, 15) is 14.9 Å². The number of hydrogen-bond acceptors (Lipinski definition) is 5. The summed E-state index contributed by atoms with van der Waals surface area (Å²) in [6, 6.07) is 7.36. The van der Waals surface area contributed by atoms with Crippen molar-refractivity contribution in [1.82, 2.24) is 19.6 Å². The van der Waals surface area contributed by atoms with Gasteiger partial charge in [-0.15, -0.1) is 0 Å². The van der Waals surface area contributed by atoms with Gasteiger partial charge < -0.3 is 5.32 Å². The van der Waals surface area contributed by atoms with Gasteiger partial charge in [-0.1, -0.05) is 29.8 Å². The molecule has 0 fully saturated rings. The monoisotopic (exact) mass is 452 g/mol. The summed E-state index contributed by atoms with van der Waals surface area (Å²) in [4.78, 5) is 23.1. The minimum atomic E-state index is -0.662. The first-order valence-corrected chi connectivity index (χ1v) is 9.05. The summed E-state index contributed by atoms with van der Waals surface area (Å²) >= 11 is 9.49. The third-order valence-electron chi connectivity index (χ3n) is 3.77. The van der Waals surface area contributed by atoms with E-state index in [1.165, 1.54) is 4.68 Å². The van der Waals surface area contributed by atoms with E-state index in [1.807, 2.05) is 18.2 Å². The lowest BCUT2D eigenvalue weighted by atomic mass is 10.2. The first-order valence-electron chi connectivity index (χ1n) is 7.88. The van der Waals surface area contributed by atoms with Crippen molar-refractivity contribution in [2.24, 2.45) is 0 Å². The zero-order chi connectivity index (χ0) is 19.6. The number of nitro groups is 1. The lowest BCUT2D eigenvalue weighted by Gasteiger charge is -2.05. The van der Waals surface area contributed by atoms with Gasteiger partial charge in [-0.3, -0.25) is 24.3 Å². The molecule has 1 amide bonds. The number of nitrogens with zero attached hydrogens (tertiary/aromatic N) is 5. The van der Waals surface area contributed by atoms with Gasteiger partial charge in [0.15, 0.2) is 5.82 Å². The number of benzene rings is 1. The molecule has 3 rings (SSSR count). The minimum Gasteiger partial charge on any atom is -0.303 e. The number of amides is 1. The van der Waals surface area contributed by atoms with E-state index in [1.54, 1.807) is 23.9 Å². The van der Waals surface area contributed by atoms with E-state index in [0.717, 1.165) is 11.8 Å². The smallest absolute Gasteiger partial charge is 0.303 e. The molecule has 11 heteroatoms. The number of carbonyl (C=O) groups is 1. The lowest BCUT2D eigenvalue weighted by Crippen LogP contribution is -2.19. The van der Waals surface area contributed by atoms with Gasteiger partial charge in [-0.05, 0) is 34.5 Å². The van der Waals surface area contributed by atoms with E-state index in [4.69, 9.17) is 11.6 Å². The van der Waals surface area contributed by atoms with Crippen LogP contribution in [0.1, 0.15) is 23.0 Å². The minimum absolute atomic E-state index is 0.130. The highest BCUT2D eigenvalue weighted by Crippen LogP contribution is 2.25. The van der Waals surface area contributed by atoms with E-state index < -0.39 is 10.8 Å². The van der Waals surface area contributed by atoms with Crippen molar-refractivity contribution in [2.75, 3.05) is 5.32 Å². The predicted octanol–water partition coefficient (Wildman–Crippen LogP) is 3.72. The van der Waals surface area contributed by atoms with Crippen LogP contribution in [0, 0.1) is 10.1 Å². The number of nitrogens with one attached hydrogen (secondary N) is 1. The Hall–Kier alpha value is -2.72. The Labute approximate surface area is 167 Å². The molecule has 2 aromatic heterocycles. The number of rotatable bonds is 6. The van der Waals surface area contributed by atoms with Crippen LogP contribution < -0.4 is 5.32 Å². The number of carbonyl (C=O) groups excluding carboxylic acids is 1. The van der Waals surface area contributed by atoms with Crippen LogP contribution in [0.4, 0.5) is 11.5 Å². The van der Waals surface area contributed by atoms with E-state index in [0.29, 0.717) is 22.6 Å². The van der Waals surface area contributed by atoms with Crippen LogP contribution in [0.5, 0.6) is 0 Å². The zero-order valence-corrected chi connectivity index (χ0v) is 16.4. The maximum absolute atomic E-state index is 12.6. The molecule has 9 nitrogen and oxygen atoms in total. The number of halogens is 2. The van der Waals surface area contributed by atoms with Crippen molar-refractivity contribution in [2.45, 2.75) is 20.0 Å². The van der Waals surface area contributed by atoms with Crippen molar-refractivity contribution in [3.05, 3.63) is 67.5 Å². The van der Waals surface area contributed by atoms with Crippen LogP contribution in [0.25, 0.3) is 0 Å². The summed E-state index contributed by atoms with van der Waals surface area (Å²) in [7, 11) is 0. The summed E-state index contributed by atoms with van der Waals surface area (Å²) in [6.45, 7) is 2.46. The molecule has 0 aliphatic rings. The molecule has 0 unspecified atom stereocenters. The third kappa shape index (κ3) is 4.01. The topological polar surface area (TPSA) is 108 Å². The van der Waals surface area contributed by atoms with Crippen molar-refractivity contribution in [3.63, 3.8) is 0 Å². The Morgan fingerprint density at radius 3 is 2.81 bits per heavy atom. The van der Waals surface area contributed by atoms with Crippen molar-refractivity contribution in [1.29, 1.82) is 0 Å². The third-order valence-corrected chi connectivity index (χ3v) is 4.72. The normalized spacial score (nSPS) is 10.8. The quantitative estimate of drug-likeness (QED) is 0.452. The van der Waals surface area contributed by atoms with Crippen LogP contribution in [0.3, 0.4) is 0 Å². The van der Waals surface area contributed by atoms with Gasteiger partial charge in [0, 0.05) is 17.8 Å². The number of aryl methyl sites for hydroxylation is 1. The molecule has 0 saturated carbocycles. The standard InChI is InChI=1S/C16H14BrClN6O3/c1-2-23-14(13(7-19-23)24(26)27)16(25)20-15-11(17)9-22(21-15)8-10-5-3-4-6-12(10)18/h3-7,9H,2,8H2,1H3,(H,20,21,25). The van der Waals surface area contributed by atoms with Gasteiger partial charge in [0.2, 0.25) is 5.69 Å². The average molecular weight is 454 g/mol. The van der Waals surface area contributed by atoms with Crippen LogP contribution in [0.15, 0.2) is 41.1 Å². The van der Waals surface area contributed by atoms with Crippen LogP contribution in [-0.2, 0) is 13.1 Å². The molecule has 1 aromatic carbocycles. The van der Waals surface area contributed by atoms with E-state index >= 15 is 0 Å². The average Bonchev–Trinajstić information content (AvgIpc) is 3.20. The van der Waals surface area contributed by atoms with Crippen molar-refractivity contribution in [3.8, 4) is 0 Å². The summed E-state index contributed by atoms with van der Waals surface area (Å²) in [5.41, 5.74) is 0.378. The Morgan fingerprint density at radius 2 is 2.15 bits per heavy atom. The molecule has 0 aliphatic carbocycles. The number of aromatic nitrogens is 4. The van der Waals surface area contributed by atoms with Crippen LogP contribution in [-0.4, -0.2) is 30.4 Å². The molecular formula is C16H14BrClN6O3. The lowest BCUT2D eigenvalue weighted by molar-refractivity contribution is -0.385. The molecule has 27 heavy (non-hydrogen) atoms. The molecule has 0 saturated heterocycles. The first-order chi connectivity index (χ1) is 12.9. The largest absolute Gasteiger partial charge is 0.320 e. The molecule has 0 radical (unpaired) electrons. The molecule has 0 aliphatic heterocycles. The molecule has 0 spiro atoms. The molecule has 0 bridgehead atoms. The maximum atomic E-state index is 12.6. The second kappa shape index (κ2) is 7.89. The highest BCUT2D eigenvalue weighted by molar-refractivity contribution is 9.10. The fraction of sp³-hybridized carbons (Fsp3) is 0.188. The predicted molar refractivity (Wildman–Crippen MR) is 103 cm³/mol. The Kier molecular flexibility index (Phi) is 5.57. The first kappa shape index (κ1) is 19.1. The van der Waals surface area contributed by atoms with Gasteiger partial charge >= 0.3 is 5.69 Å². The van der Waals surface area contributed by atoms with E-state index in [-0.39, 0.29) is 17.2 Å². The van der Waals surface area contributed by atoms with Gasteiger partial charge in [0.1, 0.15) is 6.20 Å². The van der Waals surface area contributed by atoms with Crippen LogP contribution >= 0.6 is 27.5 Å². The summed E-state index contributed by atoms with van der Waals surface area (Å²) < 4.78 is 3.40. The Morgan fingerprint density at radius 1 is 1.41 bits per heavy atom. The number of hydrogen-bond donors (Lipinski definition) is 1. The summed E-state index contributed by atoms with van der Waals surface area (Å²) in [5.74, 6) is -0.421. The second-order valence-electron chi connectivity index (χ2n) is 5.52. The second-order valence-corrected chi connectivity index (χ2v) is 6.78. The molecule has 0 atom stereocenters. The Balaban J connectivity index is 1.84. The number of anilines is 1. The zero-order valence-electron chi connectivity index (χ0n) is 14.1. The summed E-state index contributed by atoms with van der Waals surface area (Å²) in [6.07, 6.45) is 2.74. The summed E-state index contributed by atoms with van der Waals surface area (Å²) in [5, 5.41) is 22.5. The van der Waals surface area contributed by atoms with Crippen LogP contribution in [0.2, 0.25) is 5.02 Å². The molecule has 2 heterocycles. The van der Waals surface area contributed by atoms with Crippen molar-refractivity contribution >= 4 is 44.9 Å². The molecule has 1 N–H and O–H groups in total. The van der Waals surface area contributed by atoms with Gasteiger partial charge in [-0.2, -0.15) is 10.2 Å².